The zero-order chi connectivity index (χ0) is 22.8. The predicted molar refractivity (Wildman–Crippen MR) is 119 cm³/mol. The fraction of sp³-hybridized carbons (Fsp3) is 0.636. The molecule has 172 valence electrons. The molecule has 31 heavy (non-hydrogen) atoms. The molecule has 2 aliphatic heterocycles. The van der Waals surface area contributed by atoms with Gasteiger partial charge in [-0.2, -0.15) is 4.31 Å². The lowest BCUT2D eigenvalue weighted by Gasteiger charge is -2.40. The zero-order valence-corrected chi connectivity index (χ0v) is 19.9. The first-order valence-corrected chi connectivity index (χ1v) is 12.8. The molecule has 7 nitrogen and oxygen atoms in total. The molecule has 0 bridgehead atoms. The van der Waals surface area contributed by atoms with Crippen LogP contribution < -0.4 is 0 Å². The number of piperidine rings is 2. The summed E-state index contributed by atoms with van der Waals surface area (Å²) in [6, 6.07) is 4.20. The van der Waals surface area contributed by atoms with Crippen LogP contribution in [0.1, 0.15) is 69.7 Å². The molecule has 2 aliphatic rings. The van der Waals surface area contributed by atoms with Crippen molar-refractivity contribution >= 4 is 33.5 Å². The van der Waals surface area contributed by atoms with Gasteiger partial charge in [-0.1, -0.05) is 18.0 Å². The first-order valence-electron chi connectivity index (χ1n) is 11.0. The fourth-order valence-electron chi connectivity index (χ4n) is 4.42. The van der Waals surface area contributed by atoms with E-state index in [1.807, 2.05) is 13.8 Å². The SMILES string of the molecule is C[C@@H](OC(=O)c1cc(S(=O)(=O)N2CCCCC2)ccc1Cl)C(=O)N1[C@@H](C)CCC[C@@H]1C. The van der Waals surface area contributed by atoms with Gasteiger partial charge in [0.15, 0.2) is 6.10 Å². The molecule has 1 amide bonds. The van der Waals surface area contributed by atoms with Crippen LogP contribution in [0.25, 0.3) is 0 Å². The summed E-state index contributed by atoms with van der Waals surface area (Å²) >= 11 is 6.18. The maximum atomic E-state index is 13.0. The molecular formula is C22H31ClN2O5S. The van der Waals surface area contributed by atoms with E-state index in [9.17, 15) is 18.0 Å². The molecule has 0 N–H and O–H groups in total. The van der Waals surface area contributed by atoms with Crippen LogP contribution >= 0.6 is 11.6 Å². The number of hydrogen-bond acceptors (Lipinski definition) is 5. The van der Waals surface area contributed by atoms with Crippen LogP contribution in [0.15, 0.2) is 23.1 Å². The minimum atomic E-state index is -3.72. The second kappa shape index (κ2) is 9.88. The van der Waals surface area contributed by atoms with Crippen LogP contribution in [0.5, 0.6) is 0 Å². The van der Waals surface area contributed by atoms with E-state index in [0.29, 0.717) is 13.1 Å². The second-order valence-corrected chi connectivity index (χ2v) is 10.9. The van der Waals surface area contributed by atoms with Crippen molar-refractivity contribution in [1.29, 1.82) is 0 Å². The smallest absolute Gasteiger partial charge is 0.340 e. The molecule has 9 heteroatoms. The third kappa shape index (κ3) is 5.23. The number of benzene rings is 1. The summed E-state index contributed by atoms with van der Waals surface area (Å²) in [6.45, 7) is 6.45. The van der Waals surface area contributed by atoms with E-state index >= 15 is 0 Å². The van der Waals surface area contributed by atoms with Gasteiger partial charge < -0.3 is 9.64 Å². The number of ether oxygens (including phenoxy) is 1. The number of nitrogens with zero attached hydrogens (tertiary/aromatic N) is 2. The maximum Gasteiger partial charge on any atom is 0.340 e. The number of amides is 1. The van der Waals surface area contributed by atoms with Gasteiger partial charge >= 0.3 is 5.97 Å². The van der Waals surface area contributed by atoms with Gasteiger partial charge in [0.05, 0.1) is 15.5 Å². The highest BCUT2D eigenvalue weighted by Gasteiger charge is 2.34. The number of rotatable bonds is 5. The van der Waals surface area contributed by atoms with Crippen LogP contribution in [0.3, 0.4) is 0 Å². The number of esters is 1. The molecule has 2 saturated heterocycles. The van der Waals surface area contributed by atoms with Gasteiger partial charge in [-0.3, -0.25) is 4.79 Å². The normalized spacial score (nSPS) is 23.9. The highest BCUT2D eigenvalue weighted by atomic mass is 35.5. The average Bonchev–Trinajstić information content (AvgIpc) is 2.74. The fourth-order valence-corrected chi connectivity index (χ4v) is 6.15. The predicted octanol–water partition coefficient (Wildman–Crippen LogP) is 3.85. The van der Waals surface area contributed by atoms with Crippen LogP contribution in [-0.2, 0) is 19.6 Å². The van der Waals surface area contributed by atoms with E-state index in [1.54, 1.807) is 4.90 Å². The summed E-state index contributed by atoms with van der Waals surface area (Å²) < 4.78 is 32.8. The van der Waals surface area contributed by atoms with Crippen molar-refractivity contribution in [2.75, 3.05) is 13.1 Å². The third-order valence-corrected chi connectivity index (χ3v) is 8.41. The third-order valence-electron chi connectivity index (χ3n) is 6.19. The lowest BCUT2D eigenvalue weighted by Crippen LogP contribution is -2.51. The standard InChI is InChI=1S/C22H31ClN2O5S/c1-15-8-7-9-16(2)25(15)21(26)17(3)30-22(27)19-14-18(10-11-20(19)23)31(28,29)24-12-5-4-6-13-24/h10-11,14-17H,4-9,12-13H2,1-3H3/t15-,16-,17+/m0/s1. The Labute approximate surface area is 189 Å². The first kappa shape index (κ1) is 24.0. The largest absolute Gasteiger partial charge is 0.449 e. The Balaban J connectivity index is 1.77. The second-order valence-electron chi connectivity index (χ2n) is 8.53. The van der Waals surface area contributed by atoms with Crippen LogP contribution in [0.2, 0.25) is 5.02 Å². The van der Waals surface area contributed by atoms with Gasteiger partial charge in [0.2, 0.25) is 10.0 Å². The van der Waals surface area contributed by atoms with Crippen LogP contribution in [-0.4, -0.2) is 60.8 Å². The molecule has 1 aromatic carbocycles. The van der Waals surface area contributed by atoms with E-state index in [1.165, 1.54) is 29.4 Å². The lowest BCUT2D eigenvalue weighted by molar-refractivity contribution is -0.146. The molecule has 0 aromatic heterocycles. The highest BCUT2D eigenvalue weighted by molar-refractivity contribution is 7.89. The Morgan fingerprint density at radius 2 is 1.68 bits per heavy atom. The number of carbonyl (C=O) groups is 2. The van der Waals surface area contributed by atoms with E-state index in [2.05, 4.69) is 0 Å². The van der Waals surface area contributed by atoms with Crippen molar-refractivity contribution in [2.24, 2.45) is 0 Å². The van der Waals surface area contributed by atoms with Crippen molar-refractivity contribution in [3.63, 3.8) is 0 Å². The molecule has 3 atom stereocenters. The molecule has 1 aromatic rings. The van der Waals surface area contributed by atoms with E-state index in [0.717, 1.165) is 38.5 Å². The molecule has 0 unspecified atom stereocenters. The average molecular weight is 471 g/mol. The summed E-state index contributed by atoms with van der Waals surface area (Å²) in [4.78, 5) is 27.5. The Kier molecular flexibility index (Phi) is 7.65. The molecule has 0 radical (unpaired) electrons. The minimum Gasteiger partial charge on any atom is -0.449 e. The summed E-state index contributed by atoms with van der Waals surface area (Å²) in [7, 11) is -3.72. The quantitative estimate of drug-likeness (QED) is 0.610. The van der Waals surface area contributed by atoms with Crippen LogP contribution in [0, 0.1) is 0 Å². The Morgan fingerprint density at radius 1 is 1.06 bits per heavy atom. The molecule has 3 rings (SSSR count). The number of hydrogen-bond donors (Lipinski definition) is 0. The zero-order valence-electron chi connectivity index (χ0n) is 18.3. The maximum absolute atomic E-state index is 13.0. The first-order chi connectivity index (χ1) is 14.6. The summed E-state index contributed by atoms with van der Waals surface area (Å²) in [5, 5.41) is 0.0851. The molecular weight excluding hydrogens is 440 g/mol. The molecule has 0 spiro atoms. The summed E-state index contributed by atoms with van der Waals surface area (Å²) in [5.74, 6) is -1.06. The number of sulfonamides is 1. The Hall–Kier alpha value is -1.64. The molecule has 2 heterocycles. The summed E-state index contributed by atoms with van der Waals surface area (Å²) in [5.41, 5.74) is -0.0563. The van der Waals surface area contributed by atoms with Crippen LogP contribution in [0.4, 0.5) is 0 Å². The lowest BCUT2D eigenvalue weighted by atomic mass is 9.97. The molecule has 2 fully saturated rings. The Bertz CT molecular complexity index is 920. The number of carbonyl (C=O) groups excluding carboxylic acids is 2. The van der Waals surface area contributed by atoms with Crippen molar-refractivity contribution in [3.05, 3.63) is 28.8 Å². The summed E-state index contributed by atoms with van der Waals surface area (Å²) in [6.07, 6.45) is 4.54. The van der Waals surface area contributed by atoms with E-state index in [-0.39, 0.29) is 33.5 Å². The van der Waals surface area contributed by atoms with Gasteiger partial charge in [-0.15, -0.1) is 0 Å². The van der Waals surface area contributed by atoms with Crippen molar-refractivity contribution in [1.82, 2.24) is 9.21 Å². The minimum absolute atomic E-state index is 0.00278. The Morgan fingerprint density at radius 3 is 2.29 bits per heavy atom. The molecule has 0 saturated carbocycles. The van der Waals surface area contributed by atoms with Gasteiger partial charge in [-0.05, 0) is 71.1 Å². The van der Waals surface area contributed by atoms with Gasteiger partial charge in [0, 0.05) is 25.2 Å². The van der Waals surface area contributed by atoms with Gasteiger partial charge in [-0.25, -0.2) is 13.2 Å². The van der Waals surface area contributed by atoms with E-state index < -0.39 is 22.1 Å². The van der Waals surface area contributed by atoms with Gasteiger partial charge in [0.1, 0.15) is 0 Å². The monoisotopic (exact) mass is 470 g/mol. The van der Waals surface area contributed by atoms with E-state index in [4.69, 9.17) is 16.3 Å². The number of likely N-dealkylation sites (tertiary alicyclic amines) is 1. The van der Waals surface area contributed by atoms with Crippen molar-refractivity contribution in [3.8, 4) is 0 Å². The van der Waals surface area contributed by atoms with Crippen molar-refractivity contribution < 1.29 is 22.7 Å². The molecule has 0 aliphatic carbocycles. The number of halogens is 1. The highest BCUT2D eigenvalue weighted by Crippen LogP contribution is 2.27. The van der Waals surface area contributed by atoms with Gasteiger partial charge in [0.25, 0.3) is 5.91 Å². The van der Waals surface area contributed by atoms with Crippen molar-refractivity contribution in [2.45, 2.75) is 82.4 Å². The topological polar surface area (TPSA) is 84.0 Å².